The van der Waals surface area contributed by atoms with Crippen LogP contribution in [0.5, 0.6) is 5.75 Å². The van der Waals surface area contributed by atoms with Crippen molar-refractivity contribution in [3.63, 3.8) is 0 Å². The van der Waals surface area contributed by atoms with Crippen molar-refractivity contribution in [2.75, 3.05) is 32.1 Å². The fourth-order valence-electron chi connectivity index (χ4n) is 2.29. The standard InChI is InChI=1S/C13H20N2O/c1-15(10-11-6-5-9-14-11)12-7-3-4-8-13(12)16-2/h3-4,7-8,11,14H,5-6,9-10H2,1-2H3/t11-/m1/s1. The van der Waals surface area contributed by atoms with Crippen LogP contribution in [0.1, 0.15) is 12.8 Å². The number of anilines is 1. The number of ether oxygens (including phenoxy) is 1. The molecule has 88 valence electrons. The summed E-state index contributed by atoms with van der Waals surface area (Å²) in [4.78, 5) is 2.27. The van der Waals surface area contributed by atoms with Crippen LogP contribution in [-0.2, 0) is 0 Å². The lowest BCUT2D eigenvalue weighted by Gasteiger charge is -2.24. The number of hydrogen-bond acceptors (Lipinski definition) is 3. The molecule has 16 heavy (non-hydrogen) atoms. The van der Waals surface area contributed by atoms with Gasteiger partial charge in [-0.25, -0.2) is 0 Å². The molecule has 0 aliphatic carbocycles. The number of nitrogens with zero attached hydrogens (tertiary/aromatic N) is 1. The highest BCUT2D eigenvalue weighted by molar-refractivity contribution is 5.57. The van der Waals surface area contributed by atoms with Crippen LogP contribution >= 0.6 is 0 Å². The summed E-state index contributed by atoms with van der Waals surface area (Å²) in [5, 5.41) is 3.51. The molecular weight excluding hydrogens is 200 g/mol. The van der Waals surface area contributed by atoms with Crippen LogP contribution < -0.4 is 15.0 Å². The predicted octanol–water partition coefficient (Wildman–Crippen LogP) is 1.88. The minimum Gasteiger partial charge on any atom is -0.495 e. The lowest BCUT2D eigenvalue weighted by atomic mass is 10.2. The summed E-state index contributed by atoms with van der Waals surface area (Å²) in [6.07, 6.45) is 2.57. The van der Waals surface area contributed by atoms with E-state index in [9.17, 15) is 0 Å². The van der Waals surface area contributed by atoms with Gasteiger partial charge in [-0.05, 0) is 31.5 Å². The number of benzene rings is 1. The van der Waals surface area contributed by atoms with Crippen molar-refractivity contribution in [3.8, 4) is 5.75 Å². The van der Waals surface area contributed by atoms with E-state index < -0.39 is 0 Å². The highest BCUT2D eigenvalue weighted by atomic mass is 16.5. The van der Waals surface area contributed by atoms with Gasteiger partial charge in [-0.1, -0.05) is 12.1 Å². The molecule has 1 heterocycles. The molecule has 1 aromatic carbocycles. The molecule has 0 saturated carbocycles. The molecule has 0 amide bonds. The monoisotopic (exact) mass is 220 g/mol. The zero-order chi connectivity index (χ0) is 11.4. The molecule has 0 radical (unpaired) electrons. The predicted molar refractivity (Wildman–Crippen MR) is 67.3 cm³/mol. The fraction of sp³-hybridized carbons (Fsp3) is 0.538. The van der Waals surface area contributed by atoms with Gasteiger partial charge in [0.1, 0.15) is 5.75 Å². The van der Waals surface area contributed by atoms with Crippen LogP contribution in [0.25, 0.3) is 0 Å². The third-order valence-electron chi connectivity index (χ3n) is 3.15. The van der Waals surface area contributed by atoms with E-state index in [1.165, 1.54) is 18.5 Å². The van der Waals surface area contributed by atoms with Gasteiger partial charge in [0, 0.05) is 19.6 Å². The number of rotatable bonds is 4. The molecular formula is C13H20N2O. The molecule has 2 rings (SSSR count). The van der Waals surface area contributed by atoms with E-state index in [0.29, 0.717) is 6.04 Å². The Morgan fingerprint density at radius 1 is 1.44 bits per heavy atom. The Kier molecular flexibility index (Phi) is 3.67. The van der Waals surface area contributed by atoms with E-state index in [4.69, 9.17) is 4.74 Å². The van der Waals surface area contributed by atoms with E-state index in [0.717, 1.165) is 18.8 Å². The molecule has 0 spiro atoms. The largest absolute Gasteiger partial charge is 0.495 e. The number of para-hydroxylation sites is 2. The molecule has 3 nitrogen and oxygen atoms in total. The minimum absolute atomic E-state index is 0.620. The molecule has 0 unspecified atom stereocenters. The first-order valence-electron chi connectivity index (χ1n) is 5.89. The minimum atomic E-state index is 0.620. The van der Waals surface area contributed by atoms with Crippen LogP contribution in [0.2, 0.25) is 0 Å². The van der Waals surface area contributed by atoms with Gasteiger partial charge in [0.25, 0.3) is 0 Å². The van der Waals surface area contributed by atoms with E-state index >= 15 is 0 Å². The zero-order valence-corrected chi connectivity index (χ0v) is 10.1. The van der Waals surface area contributed by atoms with E-state index in [2.05, 4.69) is 29.4 Å². The maximum absolute atomic E-state index is 5.37. The molecule has 1 fully saturated rings. The summed E-state index contributed by atoms with van der Waals surface area (Å²) in [5.41, 5.74) is 1.17. The summed E-state index contributed by atoms with van der Waals surface area (Å²) in [7, 11) is 3.85. The van der Waals surface area contributed by atoms with Crippen molar-refractivity contribution >= 4 is 5.69 Å². The first kappa shape index (κ1) is 11.3. The van der Waals surface area contributed by atoms with Gasteiger partial charge in [-0.15, -0.1) is 0 Å². The average molecular weight is 220 g/mol. The number of nitrogens with one attached hydrogen (secondary N) is 1. The van der Waals surface area contributed by atoms with Crippen molar-refractivity contribution in [3.05, 3.63) is 24.3 Å². The number of hydrogen-bond donors (Lipinski definition) is 1. The quantitative estimate of drug-likeness (QED) is 0.838. The Morgan fingerprint density at radius 3 is 2.94 bits per heavy atom. The summed E-state index contributed by atoms with van der Waals surface area (Å²) in [6.45, 7) is 2.20. The van der Waals surface area contributed by atoms with Crippen LogP contribution in [-0.4, -0.2) is 33.3 Å². The Hall–Kier alpha value is -1.22. The second kappa shape index (κ2) is 5.21. The van der Waals surface area contributed by atoms with Gasteiger partial charge in [-0.2, -0.15) is 0 Å². The second-order valence-corrected chi connectivity index (χ2v) is 4.35. The van der Waals surface area contributed by atoms with Crippen molar-refractivity contribution in [2.24, 2.45) is 0 Å². The summed E-state index contributed by atoms with van der Waals surface area (Å²) >= 11 is 0. The molecule has 3 heteroatoms. The molecule has 1 aliphatic heterocycles. The van der Waals surface area contributed by atoms with Gasteiger partial charge in [0.15, 0.2) is 0 Å². The SMILES string of the molecule is COc1ccccc1N(C)C[C@H]1CCCN1. The number of methoxy groups -OCH3 is 1. The molecule has 0 aromatic heterocycles. The molecule has 0 bridgehead atoms. The molecule has 1 aromatic rings. The topological polar surface area (TPSA) is 24.5 Å². The van der Waals surface area contributed by atoms with Crippen molar-refractivity contribution in [1.82, 2.24) is 5.32 Å². The zero-order valence-electron chi connectivity index (χ0n) is 10.1. The van der Waals surface area contributed by atoms with Crippen molar-refractivity contribution in [1.29, 1.82) is 0 Å². The van der Waals surface area contributed by atoms with Gasteiger partial charge in [-0.3, -0.25) is 0 Å². The smallest absolute Gasteiger partial charge is 0.142 e. The van der Waals surface area contributed by atoms with Gasteiger partial charge in [0.05, 0.1) is 12.8 Å². The fourth-order valence-corrected chi connectivity index (χ4v) is 2.29. The normalized spacial score (nSPS) is 19.8. The van der Waals surface area contributed by atoms with Gasteiger partial charge >= 0.3 is 0 Å². The number of likely N-dealkylation sites (N-methyl/N-ethyl adjacent to an activating group) is 1. The lowest BCUT2D eigenvalue weighted by Crippen LogP contribution is -2.35. The summed E-state index contributed by atoms with van der Waals surface area (Å²) in [6, 6.07) is 8.79. The van der Waals surface area contributed by atoms with Crippen LogP contribution in [0.3, 0.4) is 0 Å². The molecule has 1 atom stereocenters. The third kappa shape index (κ3) is 2.47. The highest BCUT2D eigenvalue weighted by Crippen LogP contribution is 2.27. The van der Waals surface area contributed by atoms with E-state index in [-0.39, 0.29) is 0 Å². The molecule has 1 N–H and O–H groups in total. The second-order valence-electron chi connectivity index (χ2n) is 4.35. The van der Waals surface area contributed by atoms with Gasteiger partial charge in [0.2, 0.25) is 0 Å². The van der Waals surface area contributed by atoms with E-state index in [1.807, 2.05) is 12.1 Å². The average Bonchev–Trinajstić information content (AvgIpc) is 2.81. The molecule has 1 saturated heterocycles. The third-order valence-corrected chi connectivity index (χ3v) is 3.15. The Morgan fingerprint density at radius 2 is 2.25 bits per heavy atom. The van der Waals surface area contributed by atoms with Crippen LogP contribution in [0.15, 0.2) is 24.3 Å². The van der Waals surface area contributed by atoms with Crippen molar-refractivity contribution in [2.45, 2.75) is 18.9 Å². The summed E-state index contributed by atoms with van der Waals surface area (Å²) in [5.74, 6) is 0.947. The summed E-state index contributed by atoms with van der Waals surface area (Å²) < 4.78 is 5.37. The first-order chi connectivity index (χ1) is 7.81. The maximum atomic E-state index is 5.37. The van der Waals surface area contributed by atoms with Crippen LogP contribution in [0, 0.1) is 0 Å². The molecule has 1 aliphatic rings. The Labute approximate surface area is 97.4 Å². The lowest BCUT2D eigenvalue weighted by molar-refractivity contribution is 0.414. The first-order valence-corrected chi connectivity index (χ1v) is 5.89. The van der Waals surface area contributed by atoms with E-state index in [1.54, 1.807) is 7.11 Å². The Balaban J connectivity index is 2.04. The Bertz CT molecular complexity index is 334. The van der Waals surface area contributed by atoms with Gasteiger partial charge < -0.3 is 15.0 Å². The maximum Gasteiger partial charge on any atom is 0.142 e. The van der Waals surface area contributed by atoms with Crippen molar-refractivity contribution < 1.29 is 4.74 Å². The van der Waals surface area contributed by atoms with Crippen LogP contribution in [0.4, 0.5) is 5.69 Å². The highest BCUT2D eigenvalue weighted by Gasteiger charge is 2.17.